The zero-order valence-electron chi connectivity index (χ0n) is 13.1. The molecule has 24 heavy (non-hydrogen) atoms. The van der Waals surface area contributed by atoms with E-state index in [-0.39, 0.29) is 30.1 Å². The molecule has 3 rings (SSSR count). The van der Waals surface area contributed by atoms with Crippen LogP contribution in [0, 0.1) is 22.6 Å². The fraction of sp³-hybridized carbons (Fsp3) is 0.471. The summed E-state index contributed by atoms with van der Waals surface area (Å²) in [6.07, 6.45) is 0.739. The second-order valence-corrected chi connectivity index (χ2v) is 6.39. The SMILES string of the molecule is N#Cc1cc(F)cc(C(=O)N2CC[C@@H](O)[C@@]3(CCCNC3=O)C2)c1. The van der Waals surface area contributed by atoms with Crippen molar-refractivity contribution in [2.75, 3.05) is 19.6 Å². The zero-order valence-corrected chi connectivity index (χ0v) is 13.1. The summed E-state index contributed by atoms with van der Waals surface area (Å²) in [5.41, 5.74) is -0.854. The molecule has 2 aliphatic rings. The van der Waals surface area contributed by atoms with Gasteiger partial charge in [-0.1, -0.05) is 0 Å². The summed E-state index contributed by atoms with van der Waals surface area (Å²) < 4.78 is 13.6. The highest BCUT2D eigenvalue weighted by Gasteiger charge is 2.50. The third kappa shape index (κ3) is 2.74. The number of hydrogen-bond acceptors (Lipinski definition) is 4. The van der Waals surface area contributed by atoms with Gasteiger partial charge in [0.25, 0.3) is 5.91 Å². The predicted molar refractivity (Wildman–Crippen MR) is 82.3 cm³/mol. The fourth-order valence-electron chi connectivity index (χ4n) is 3.58. The van der Waals surface area contributed by atoms with Crippen LogP contribution in [0.2, 0.25) is 0 Å². The number of hydrogen-bond donors (Lipinski definition) is 2. The number of nitrogens with one attached hydrogen (secondary N) is 1. The Balaban J connectivity index is 1.87. The Labute approximate surface area is 138 Å². The van der Waals surface area contributed by atoms with Gasteiger partial charge >= 0.3 is 0 Å². The van der Waals surface area contributed by atoms with Gasteiger partial charge in [0.2, 0.25) is 5.91 Å². The zero-order chi connectivity index (χ0) is 17.3. The van der Waals surface area contributed by atoms with Crippen molar-refractivity contribution in [3.8, 4) is 6.07 Å². The maximum atomic E-state index is 13.6. The molecule has 2 fully saturated rings. The lowest BCUT2D eigenvalue weighted by Crippen LogP contribution is -2.62. The van der Waals surface area contributed by atoms with Gasteiger partial charge in [0.05, 0.1) is 23.2 Å². The molecule has 0 aliphatic carbocycles. The number of benzene rings is 1. The normalized spacial score (nSPS) is 26.8. The first-order chi connectivity index (χ1) is 11.5. The average molecular weight is 331 g/mol. The fourth-order valence-corrected chi connectivity index (χ4v) is 3.58. The first-order valence-electron chi connectivity index (χ1n) is 7.92. The van der Waals surface area contributed by atoms with Gasteiger partial charge in [0.1, 0.15) is 5.82 Å². The molecule has 126 valence electrons. The number of halogens is 1. The lowest BCUT2D eigenvalue weighted by molar-refractivity contribution is -0.147. The van der Waals surface area contributed by atoms with Gasteiger partial charge in [-0.05, 0) is 37.5 Å². The Morgan fingerprint density at radius 1 is 1.46 bits per heavy atom. The quantitative estimate of drug-likeness (QED) is 0.796. The summed E-state index contributed by atoms with van der Waals surface area (Å²) in [6.45, 7) is 0.946. The number of likely N-dealkylation sites (tertiary alicyclic amines) is 1. The van der Waals surface area contributed by atoms with Crippen LogP contribution in [-0.2, 0) is 4.79 Å². The number of aliphatic hydroxyl groups is 1. The minimum absolute atomic E-state index is 0.0699. The maximum absolute atomic E-state index is 13.6. The van der Waals surface area contributed by atoms with Crippen molar-refractivity contribution >= 4 is 11.8 Å². The van der Waals surface area contributed by atoms with Gasteiger partial charge in [-0.2, -0.15) is 5.26 Å². The molecule has 2 saturated heterocycles. The summed E-state index contributed by atoms with van der Waals surface area (Å²) in [5, 5.41) is 22.0. The van der Waals surface area contributed by atoms with Crippen LogP contribution in [0.25, 0.3) is 0 Å². The Bertz CT molecular complexity index is 730. The molecular formula is C17H18FN3O3. The molecular weight excluding hydrogens is 313 g/mol. The van der Waals surface area contributed by atoms with Gasteiger partial charge < -0.3 is 15.3 Å². The number of carbonyl (C=O) groups is 2. The average Bonchev–Trinajstić information content (AvgIpc) is 2.58. The van der Waals surface area contributed by atoms with E-state index < -0.39 is 23.2 Å². The highest BCUT2D eigenvalue weighted by atomic mass is 19.1. The molecule has 0 saturated carbocycles. The van der Waals surface area contributed by atoms with Crippen LogP contribution in [0.1, 0.15) is 35.2 Å². The van der Waals surface area contributed by atoms with Gasteiger partial charge in [-0.25, -0.2) is 4.39 Å². The first-order valence-corrected chi connectivity index (χ1v) is 7.92. The van der Waals surface area contributed by atoms with E-state index in [1.165, 1.54) is 11.0 Å². The molecule has 6 nitrogen and oxygen atoms in total. The predicted octanol–water partition coefficient (Wildman–Crippen LogP) is 0.801. The minimum Gasteiger partial charge on any atom is -0.392 e. The molecule has 1 spiro atoms. The highest BCUT2D eigenvalue weighted by Crippen LogP contribution is 2.37. The smallest absolute Gasteiger partial charge is 0.254 e. The van der Waals surface area contributed by atoms with E-state index in [1.807, 2.05) is 6.07 Å². The van der Waals surface area contributed by atoms with E-state index in [0.29, 0.717) is 19.4 Å². The molecule has 2 heterocycles. The molecule has 0 unspecified atom stereocenters. The van der Waals surface area contributed by atoms with Crippen molar-refractivity contribution in [3.05, 3.63) is 35.1 Å². The van der Waals surface area contributed by atoms with Crippen LogP contribution < -0.4 is 5.32 Å². The molecule has 0 radical (unpaired) electrons. The van der Waals surface area contributed by atoms with Crippen LogP contribution in [0.5, 0.6) is 0 Å². The molecule has 1 aromatic carbocycles. The Kier molecular flexibility index (Phi) is 4.24. The molecule has 7 heteroatoms. The first kappa shape index (κ1) is 16.4. The molecule has 0 bridgehead atoms. The second-order valence-electron chi connectivity index (χ2n) is 6.39. The van der Waals surface area contributed by atoms with Crippen LogP contribution in [0.15, 0.2) is 18.2 Å². The number of nitrogens with zero attached hydrogens (tertiary/aromatic N) is 2. The summed E-state index contributed by atoms with van der Waals surface area (Å²) >= 11 is 0. The number of aliphatic hydroxyl groups excluding tert-OH is 1. The summed E-state index contributed by atoms with van der Waals surface area (Å²) in [5.74, 6) is -1.33. The van der Waals surface area contributed by atoms with Gasteiger partial charge in [-0.3, -0.25) is 9.59 Å². The highest BCUT2D eigenvalue weighted by molar-refractivity contribution is 5.95. The van der Waals surface area contributed by atoms with Crippen molar-refractivity contribution in [1.29, 1.82) is 5.26 Å². The Morgan fingerprint density at radius 2 is 2.25 bits per heavy atom. The number of piperidine rings is 2. The third-order valence-electron chi connectivity index (χ3n) is 4.88. The number of amides is 2. The van der Waals surface area contributed by atoms with E-state index in [2.05, 4.69) is 5.32 Å². The Hall–Kier alpha value is -2.46. The number of nitriles is 1. The molecule has 2 amide bonds. The largest absolute Gasteiger partial charge is 0.392 e. The van der Waals surface area contributed by atoms with Crippen LogP contribution in [-0.4, -0.2) is 47.6 Å². The van der Waals surface area contributed by atoms with Crippen molar-refractivity contribution in [1.82, 2.24) is 10.2 Å². The second kappa shape index (κ2) is 6.21. The van der Waals surface area contributed by atoms with Crippen LogP contribution in [0.4, 0.5) is 4.39 Å². The molecule has 1 aromatic rings. The summed E-state index contributed by atoms with van der Waals surface area (Å²) in [7, 11) is 0. The van der Waals surface area contributed by atoms with E-state index in [0.717, 1.165) is 18.6 Å². The summed E-state index contributed by atoms with van der Waals surface area (Å²) in [4.78, 5) is 26.5. The van der Waals surface area contributed by atoms with Crippen molar-refractivity contribution in [2.24, 2.45) is 5.41 Å². The van der Waals surface area contributed by atoms with Crippen molar-refractivity contribution < 1.29 is 19.1 Å². The lowest BCUT2D eigenvalue weighted by atomic mass is 9.71. The number of carbonyl (C=O) groups excluding carboxylic acids is 2. The standard InChI is InChI=1S/C17H18FN3O3/c18-13-7-11(9-19)6-12(8-13)15(23)21-5-2-14(22)17(10-21)3-1-4-20-16(17)24/h6-8,14,22H,1-5,10H2,(H,20,24)/t14-,17-/m1/s1. The van der Waals surface area contributed by atoms with Gasteiger partial charge in [0.15, 0.2) is 0 Å². The van der Waals surface area contributed by atoms with E-state index in [9.17, 15) is 19.1 Å². The minimum atomic E-state index is -1.00. The van der Waals surface area contributed by atoms with E-state index in [4.69, 9.17) is 5.26 Å². The monoisotopic (exact) mass is 331 g/mol. The van der Waals surface area contributed by atoms with E-state index in [1.54, 1.807) is 0 Å². The van der Waals surface area contributed by atoms with Crippen molar-refractivity contribution in [3.63, 3.8) is 0 Å². The summed E-state index contributed by atoms with van der Waals surface area (Å²) in [6, 6.07) is 5.31. The van der Waals surface area contributed by atoms with Crippen molar-refractivity contribution in [2.45, 2.75) is 25.4 Å². The van der Waals surface area contributed by atoms with Gasteiger partial charge in [0, 0.05) is 25.2 Å². The van der Waals surface area contributed by atoms with Crippen LogP contribution in [0.3, 0.4) is 0 Å². The Morgan fingerprint density at radius 3 is 2.96 bits per heavy atom. The molecule has 0 aromatic heterocycles. The molecule has 2 aliphatic heterocycles. The van der Waals surface area contributed by atoms with E-state index >= 15 is 0 Å². The third-order valence-corrected chi connectivity index (χ3v) is 4.88. The topological polar surface area (TPSA) is 93.4 Å². The maximum Gasteiger partial charge on any atom is 0.254 e. The molecule has 2 atom stereocenters. The van der Waals surface area contributed by atoms with Crippen LogP contribution >= 0.6 is 0 Å². The lowest BCUT2D eigenvalue weighted by Gasteiger charge is -2.46. The molecule has 2 N–H and O–H groups in total. The van der Waals surface area contributed by atoms with Gasteiger partial charge in [-0.15, -0.1) is 0 Å². The number of rotatable bonds is 1.